The molecule has 62 heavy (non-hydrogen) atoms. The van der Waals surface area contributed by atoms with Gasteiger partial charge >= 0.3 is 0 Å². The minimum absolute atomic E-state index is 0.686. The first-order chi connectivity index (χ1) is 30.5. The molecule has 0 saturated carbocycles. The lowest BCUT2D eigenvalue weighted by molar-refractivity contribution is 1.10. The van der Waals surface area contributed by atoms with E-state index in [-0.39, 0.29) is 0 Å². The Morgan fingerprint density at radius 2 is 0.935 bits per heavy atom. The van der Waals surface area contributed by atoms with E-state index in [2.05, 4.69) is 233 Å². The highest BCUT2D eigenvalue weighted by Gasteiger charge is 2.15. The standard InChI is InChI=1S/C60H46N2/c1-4-40(3)35-56(50-24-10-9-17-41(50)5-2)47-21-16-22-48(37-47)59-39-58(44-31-29-43(30-32-44)42-18-7-6-8-19-42)61-60(62-59)49-23-15-20-45(36-49)46-33-34-55-53-27-12-11-25-51(53)52-26-13-14-28-54(52)57(55)38-46/h5-39H,4H2,1-3H3/b40-35+,41-5-,56-50+. The van der Waals surface area contributed by atoms with Crippen LogP contribution < -0.4 is 10.4 Å². The summed E-state index contributed by atoms with van der Waals surface area (Å²) in [5.41, 5.74) is 13.1. The number of nitrogens with zero attached hydrogens (tertiary/aromatic N) is 2. The Bertz CT molecular complexity index is 3410. The van der Waals surface area contributed by atoms with Crippen LogP contribution >= 0.6 is 0 Å². The van der Waals surface area contributed by atoms with E-state index in [0.29, 0.717) is 5.82 Å². The molecule has 0 saturated heterocycles. The lowest BCUT2D eigenvalue weighted by Gasteiger charge is -2.13. The van der Waals surface area contributed by atoms with Crippen molar-refractivity contribution in [1.29, 1.82) is 0 Å². The molecule has 0 aliphatic rings. The Morgan fingerprint density at radius 1 is 0.419 bits per heavy atom. The van der Waals surface area contributed by atoms with Gasteiger partial charge in [-0.3, -0.25) is 0 Å². The van der Waals surface area contributed by atoms with Crippen molar-refractivity contribution >= 4 is 44.0 Å². The zero-order valence-corrected chi connectivity index (χ0v) is 35.3. The van der Waals surface area contributed by atoms with Crippen molar-refractivity contribution in [3.63, 3.8) is 0 Å². The number of hydrogen-bond acceptors (Lipinski definition) is 2. The fraction of sp³-hybridized carbons (Fsp3) is 0.0667. The Hall–Kier alpha value is -7.68. The molecule has 1 aromatic heterocycles. The van der Waals surface area contributed by atoms with E-state index < -0.39 is 0 Å². The molecule has 10 rings (SSSR count). The van der Waals surface area contributed by atoms with E-state index in [1.54, 1.807) is 0 Å². The van der Waals surface area contributed by atoms with Gasteiger partial charge < -0.3 is 0 Å². The van der Waals surface area contributed by atoms with Gasteiger partial charge in [0.1, 0.15) is 0 Å². The molecule has 0 bridgehead atoms. The maximum atomic E-state index is 5.37. The molecule has 1 heterocycles. The van der Waals surface area contributed by atoms with Crippen molar-refractivity contribution < 1.29 is 0 Å². The van der Waals surface area contributed by atoms with Gasteiger partial charge in [-0.1, -0.05) is 201 Å². The molecule has 2 nitrogen and oxygen atoms in total. The average Bonchev–Trinajstić information content (AvgIpc) is 3.35. The summed E-state index contributed by atoms with van der Waals surface area (Å²) >= 11 is 0. The third-order valence-corrected chi connectivity index (χ3v) is 12.2. The van der Waals surface area contributed by atoms with E-state index in [1.807, 2.05) is 0 Å². The third kappa shape index (κ3) is 7.42. The fourth-order valence-electron chi connectivity index (χ4n) is 8.77. The second-order valence-electron chi connectivity index (χ2n) is 16.1. The van der Waals surface area contributed by atoms with Crippen molar-refractivity contribution in [1.82, 2.24) is 9.97 Å². The summed E-state index contributed by atoms with van der Waals surface area (Å²) < 4.78 is 0. The van der Waals surface area contributed by atoms with Crippen LogP contribution in [0, 0.1) is 0 Å². The third-order valence-electron chi connectivity index (χ3n) is 12.2. The van der Waals surface area contributed by atoms with Crippen LogP contribution in [0.3, 0.4) is 0 Å². The first-order valence-corrected chi connectivity index (χ1v) is 21.6. The lowest BCUT2D eigenvalue weighted by atomic mass is 9.92. The molecular weight excluding hydrogens is 749 g/mol. The number of allylic oxidation sites excluding steroid dienone is 2. The van der Waals surface area contributed by atoms with E-state index in [1.165, 1.54) is 65.0 Å². The normalized spacial score (nSPS) is 12.6. The second kappa shape index (κ2) is 16.8. The van der Waals surface area contributed by atoms with Gasteiger partial charge in [-0.2, -0.15) is 0 Å². The highest BCUT2D eigenvalue weighted by atomic mass is 14.9. The Morgan fingerprint density at radius 3 is 1.65 bits per heavy atom. The van der Waals surface area contributed by atoms with Crippen molar-refractivity contribution in [3.05, 3.63) is 228 Å². The van der Waals surface area contributed by atoms with Crippen LogP contribution in [0.4, 0.5) is 0 Å². The van der Waals surface area contributed by atoms with Crippen LogP contribution in [0.1, 0.15) is 32.8 Å². The van der Waals surface area contributed by atoms with Gasteiger partial charge in [-0.25, -0.2) is 9.97 Å². The van der Waals surface area contributed by atoms with Gasteiger partial charge in [0.25, 0.3) is 0 Å². The molecule has 0 spiro atoms. The molecule has 0 atom stereocenters. The summed E-state index contributed by atoms with van der Waals surface area (Å²) in [5.74, 6) is 0.686. The summed E-state index contributed by atoms with van der Waals surface area (Å²) in [7, 11) is 0. The topological polar surface area (TPSA) is 25.8 Å². The largest absolute Gasteiger partial charge is 0.228 e. The molecule has 0 aliphatic carbocycles. The van der Waals surface area contributed by atoms with E-state index in [0.717, 1.165) is 51.2 Å². The number of fused-ring (bicyclic) bond motifs is 6. The number of aromatic nitrogens is 2. The van der Waals surface area contributed by atoms with Crippen LogP contribution in [-0.2, 0) is 0 Å². The molecule has 2 heteroatoms. The number of hydrogen-bond donors (Lipinski definition) is 0. The highest BCUT2D eigenvalue weighted by Crippen LogP contribution is 2.38. The predicted octanol–water partition coefficient (Wildman–Crippen LogP) is 14.6. The van der Waals surface area contributed by atoms with Crippen LogP contribution in [0.2, 0.25) is 0 Å². The molecule has 0 N–H and O–H groups in total. The van der Waals surface area contributed by atoms with Gasteiger partial charge in [0.15, 0.2) is 5.82 Å². The summed E-state index contributed by atoms with van der Waals surface area (Å²) in [6, 6.07) is 71.9. The van der Waals surface area contributed by atoms with Gasteiger partial charge in [0.2, 0.25) is 0 Å². The van der Waals surface area contributed by atoms with E-state index >= 15 is 0 Å². The van der Waals surface area contributed by atoms with Gasteiger partial charge in [-0.15, -0.1) is 0 Å². The summed E-state index contributed by atoms with van der Waals surface area (Å²) in [6.45, 7) is 6.54. The average molecular weight is 795 g/mol. The van der Waals surface area contributed by atoms with Crippen molar-refractivity contribution in [3.8, 4) is 56.2 Å². The van der Waals surface area contributed by atoms with Gasteiger partial charge in [-0.05, 0) is 121 Å². The number of rotatable bonds is 8. The maximum Gasteiger partial charge on any atom is 0.160 e. The lowest BCUT2D eigenvalue weighted by Crippen LogP contribution is -2.26. The molecule has 0 amide bonds. The highest BCUT2D eigenvalue weighted by molar-refractivity contribution is 6.25. The van der Waals surface area contributed by atoms with Gasteiger partial charge in [0.05, 0.1) is 11.4 Å². The molecule has 296 valence electrons. The minimum atomic E-state index is 0.686. The fourth-order valence-corrected chi connectivity index (χ4v) is 8.77. The molecular formula is C60H46N2. The number of benzene rings is 9. The summed E-state index contributed by atoms with van der Waals surface area (Å²) in [5, 5.41) is 10.0. The molecule has 9 aromatic carbocycles. The quantitative estimate of drug-likeness (QED) is 0.143. The van der Waals surface area contributed by atoms with Gasteiger partial charge in [0, 0.05) is 16.7 Å². The van der Waals surface area contributed by atoms with Crippen LogP contribution in [0.15, 0.2) is 212 Å². The van der Waals surface area contributed by atoms with Crippen molar-refractivity contribution in [2.45, 2.75) is 27.2 Å². The van der Waals surface area contributed by atoms with Crippen LogP contribution in [-0.4, -0.2) is 9.97 Å². The molecule has 0 fully saturated rings. The van der Waals surface area contributed by atoms with E-state index in [9.17, 15) is 0 Å². The second-order valence-corrected chi connectivity index (χ2v) is 16.1. The maximum absolute atomic E-state index is 5.37. The summed E-state index contributed by atoms with van der Waals surface area (Å²) in [4.78, 5) is 10.7. The smallest absolute Gasteiger partial charge is 0.160 e. The van der Waals surface area contributed by atoms with Crippen LogP contribution in [0.5, 0.6) is 0 Å². The van der Waals surface area contributed by atoms with Crippen molar-refractivity contribution in [2.24, 2.45) is 0 Å². The first kappa shape index (κ1) is 38.5. The molecule has 10 aromatic rings. The SMILES string of the molecule is C/C=c1/cccc/c1=C(/C=C(\C)CC)c1cccc(-c2cc(-c3ccc(-c4ccccc4)cc3)nc(-c3cccc(-c4ccc5c6ccccc6c6ccccc6c5c4)c3)n2)c1. The molecule has 0 unspecified atom stereocenters. The minimum Gasteiger partial charge on any atom is -0.228 e. The monoisotopic (exact) mass is 794 g/mol. The Balaban J connectivity index is 1.13. The first-order valence-electron chi connectivity index (χ1n) is 21.6. The van der Waals surface area contributed by atoms with E-state index in [4.69, 9.17) is 9.97 Å². The Labute approximate surface area is 363 Å². The Kier molecular flexibility index (Phi) is 10.4. The zero-order valence-electron chi connectivity index (χ0n) is 35.3. The zero-order chi connectivity index (χ0) is 42.0. The van der Waals surface area contributed by atoms with Crippen LogP contribution in [0.25, 0.3) is 100 Å². The molecule has 0 radical (unpaired) electrons. The summed E-state index contributed by atoms with van der Waals surface area (Å²) in [6.07, 6.45) is 5.52. The predicted molar refractivity (Wildman–Crippen MR) is 264 cm³/mol. The van der Waals surface area contributed by atoms with Crippen molar-refractivity contribution in [2.75, 3.05) is 0 Å². The molecule has 0 aliphatic heterocycles.